The van der Waals surface area contributed by atoms with Crippen molar-refractivity contribution in [2.45, 2.75) is 6.42 Å². The molecular formula is C11H11F2N3O. The van der Waals surface area contributed by atoms with Crippen molar-refractivity contribution >= 4 is 11.6 Å². The van der Waals surface area contributed by atoms with Gasteiger partial charge in [0.1, 0.15) is 11.6 Å². The zero-order valence-electron chi connectivity index (χ0n) is 8.96. The third kappa shape index (κ3) is 4.93. The predicted molar refractivity (Wildman–Crippen MR) is 58.1 cm³/mol. The van der Waals surface area contributed by atoms with Gasteiger partial charge in [-0.2, -0.15) is 5.26 Å². The van der Waals surface area contributed by atoms with Crippen molar-refractivity contribution in [3.63, 3.8) is 0 Å². The van der Waals surface area contributed by atoms with E-state index in [4.69, 9.17) is 5.26 Å². The van der Waals surface area contributed by atoms with Crippen LogP contribution in [0.3, 0.4) is 0 Å². The second-order valence-electron chi connectivity index (χ2n) is 3.27. The van der Waals surface area contributed by atoms with E-state index in [1.807, 2.05) is 6.07 Å². The van der Waals surface area contributed by atoms with Gasteiger partial charge in [0, 0.05) is 18.3 Å². The monoisotopic (exact) mass is 239 g/mol. The van der Waals surface area contributed by atoms with Crippen LogP contribution in [0, 0.1) is 23.0 Å². The molecule has 17 heavy (non-hydrogen) atoms. The smallest absolute Gasteiger partial charge is 0.239 e. The van der Waals surface area contributed by atoms with Crippen molar-refractivity contribution in [2.75, 3.05) is 18.4 Å². The van der Waals surface area contributed by atoms with Gasteiger partial charge in [-0.1, -0.05) is 0 Å². The zero-order valence-corrected chi connectivity index (χ0v) is 8.96. The van der Waals surface area contributed by atoms with Gasteiger partial charge >= 0.3 is 0 Å². The van der Waals surface area contributed by atoms with Crippen LogP contribution in [-0.4, -0.2) is 19.0 Å². The van der Waals surface area contributed by atoms with Gasteiger partial charge in [0.2, 0.25) is 5.91 Å². The number of nitrogens with one attached hydrogen (secondary N) is 2. The lowest BCUT2D eigenvalue weighted by Crippen LogP contribution is -2.30. The lowest BCUT2D eigenvalue weighted by atomic mass is 10.3. The first-order chi connectivity index (χ1) is 8.11. The highest BCUT2D eigenvalue weighted by Gasteiger charge is 2.03. The summed E-state index contributed by atoms with van der Waals surface area (Å²) in [6.07, 6.45) is 0.223. The normalized spacial score (nSPS) is 9.47. The van der Waals surface area contributed by atoms with E-state index in [9.17, 15) is 13.6 Å². The Labute approximate surface area is 97.2 Å². The molecule has 0 aromatic heterocycles. The molecule has 0 fully saturated rings. The molecule has 0 aliphatic rings. The number of anilines is 1. The molecule has 1 amide bonds. The first-order valence-electron chi connectivity index (χ1n) is 4.95. The molecule has 0 heterocycles. The van der Waals surface area contributed by atoms with Crippen LogP contribution in [0.4, 0.5) is 14.5 Å². The second kappa shape index (κ2) is 6.43. The summed E-state index contributed by atoms with van der Waals surface area (Å²) in [6.45, 7) is 0.156. The Balaban J connectivity index is 2.39. The zero-order chi connectivity index (χ0) is 12.7. The van der Waals surface area contributed by atoms with Gasteiger partial charge < -0.3 is 10.6 Å². The molecule has 0 saturated heterocycles. The van der Waals surface area contributed by atoms with Gasteiger partial charge in [0.25, 0.3) is 0 Å². The summed E-state index contributed by atoms with van der Waals surface area (Å²) in [6, 6.07) is 4.80. The van der Waals surface area contributed by atoms with Gasteiger partial charge in [0.15, 0.2) is 0 Å². The lowest BCUT2D eigenvalue weighted by Gasteiger charge is -2.06. The van der Waals surface area contributed by atoms with E-state index in [1.165, 1.54) is 0 Å². The fourth-order valence-corrected chi connectivity index (χ4v) is 1.16. The largest absolute Gasteiger partial charge is 0.376 e. The summed E-state index contributed by atoms with van der Waals surface area (Å²) in [5.41, 5.74) is 0.193. The van der Waals surface area contributed by atoms with E-state index in [-0.39, 0.29) is 31.1 Å². The van der Waals surface area contributed by atoms with Crippen LogP contribution in [0.15, 0.2) is 18.2 Å². The van der Waals surface area contributed by atoms with Crippen molar-refractivity contribution in [1.29, 1.82) is 5.26 Å². The molecule has 1 rings (SSSR count). The minimum atomic E-state index is -0.711. The van der Waals surface area contributed by atoms with Crippen LogP contribution in [0.5, 0.6) is 0 Å². The Morgan fingerprint density at radius 3 is 2.53 bits per heavy atom. The summed E-state index contributed by atoms with van der Waals surface area (Å²) < 4.78 is 25.6. The molecule has 1 aromatic carbocycles. The number of benzene rings is 1. The van der Waals surface area contributed by atoms with Gasteiger partial charge in [-0.05, 0) is 12.1 Å². The van der Waals surface area contributed by atoms with E-state index in [1.54, 1.807) is 0 Å². The Hall–Kier alpha value is -2.16. The molecular weight excluding hydrogens is 228 g/mol. The van der Waals surface area contributed by atoms with Crippen LogP contribution in [0.25, 0.3) is 0 Å². The molecule has 0 radical (unpaired) electrons. The van der Waals surface area contributed by atoms with E-state index in [0.717, 1.165) is 18.2 Å². The summed E-state index contributed by atoms with van der Waals surface area (Å²) in [7, 11) is 0. The maximum absolute atomic E-state index is 12.8. The van der Waals surface area contributed by atoms with Crippen LogP contribution in [0.1, 0.15) is 6.42 Å². The SMILES string of the molecule is N#CCCNC(=O)CNc1cc(F)cc(F)c1. The molecule has 0 saturated carbocycles. The molecule has 0 aliphatic carbocycles. The Kier molecular flexibility index (Phi) is 4.88. The third-order valence-corrected chi connectivity index (χ3v) is 1.87. The molecule has 0 bridgehead atoms. The number of nitrogens with zero attached hydrogens (tertiary/aromatic N) is 1. The van der Waals surface area contributed by atoms with Gasteiger partial charge in [-0.25, -0.2) is 8.78 Å². The van der Waals surface area contributed by atoms with Gasteiger partial charge in [0.05, 0.1) is 19.0 Å². The number of hydrogen-bond acceptors (Lipinski definition) is 3. The average molecular weight is 239 g/mol. The molecule has 0 atom stereocenters. The lowest BCUT2D eigenvalue weighted by molar-refractivity contribution is -0.119. The molecule has 2 N–H and O–H groups in total. The first kappa shape index (κ1) is 12.9. The molecule has 90 valence electrons. The third-order valence-electron chi connectivity index (χ3n) is 1.87. The molecule has 0 aliphatic heterocycles. The van der Waals surface area contributed by atoms with Crippen LogP contribution in [0.2, 0.25) is 0 Å². The molecule has 0 unspecified atom stereocenters. The van der Waals surface area contributed by atoms with Crippen molar-refractivity contribution in [3.05, 3.63) is 29.8 Å². The molecule has 1 aromatic rings. The van der Waals surface area contributed by atoms with Crippen LogP contribution >= 0.6 is 0 Å². The second-order valence-corrected chi connectivity index (χ2v) is 3.27. The van der Waals surface area contributed by atoms with E-state index in [0.29, 0.717) is 0 Å². The van der Waals surface area contributed by atoms with Crippen LogP contribution in [-0.2, 0) is 4.79 Å². The van der Waals surface area contributed by atoms with Gasteiger partial charge in [-0.15, -0.1) is 0 Å². The molecule has 6 heteroatoms. The van der Waals surface area contributed by atoms with Crippen molar-refractivity contribution in [2.24, 2.45) is 0 Å². The van der Waals surface area contributed by atoms with Crippen LogP contribution < -0.4 is 10.6 Å². The molecule has 4 nitrogen and oxygen atoms in total. The standard InChI is InChI=1S/C11H11F2N3O/c12-8-4-9(13)6-10(5-8)16-7-11(17)15-3-1-2-14/h4-6,16H,1,3,7H2,(H,15,17). The number of hydrogen-bond donors (Lipinski definition) is 2. The fraction of sp³-hybridized carbons (Fsp3) is 0.273. The highest BCUT2D eigenvalue weighted by molar-refractivity contribution is 5.80. The van der Waals surface area contributed by atoms with E-state index in [2.05, 4.69) is 10.6 Å². The minimum absolute atomic E-state index is 0.103. The Morgan fingerprint density at radius 2 is 1.94 bits per heavy atom. The number of halogens is 2. The van der Waals surface area contributed by atoms with Gasteiger partial charge in [-0.3, -0.25) is 4.79 Å². The summed E-state index contributed by atoms with van der Waals surface area (Å²) in [4.78, 5) is 11.2. The number of carbonyl (C=O) groups is 1. The topological polar surface area (TPSA) is 64.9 Å². The summed E-state index contributed by atoms with van der Waals surface area (Å²) >= 11 is 0. The maximum Gasteiger partial charge on any atom is 0.239 e. The Bertz CT molecular complexity index is 423. The number of nitriles is 1. The average Bonchev–Trinajstić information content (AvgIpc) is 2.25. The number of carbonyl (C=O) groups excluding carboxylic acids is 1. The first-order valence-corrected chi connectivity index (χ1v) is 4.95. The number of rotatable bonds is 5. The molecule has 0 spiro atoms. The maximum atomic E-state index is 12.8. The predicted octanol–water partition coefficient (Wildman–Crippen LogP) is 1.41. The summed E-state index contributed by atoms with van der Waals surface area (Å²) in [5, 5.41) is 13.3. The quantitative estimate of drug-likeness (QED) is 0.763. The van der Waals surface area contributed by atoms with E-state index >= 15 is 0 Å². The van der Waals surface area contributed by atoms with Crippen molar-refractivity contribution in [3.8, 4) is 6.07 Å². The summed E-state index contributed by atoms with van der Waals surface area (Å²) in [5.74, 6) is -1.76. The van der Waals surface area contributed by atoms with Crippen molar-refractivity contribution < 1.29 is 13.6 Å². The highest BCUT2D eigenvalue weighted by Crippen LogP contribution is 2.12. The minimum Gasteiger partial charge on any atom is -0.376 e. The Morgan fingerprint density at radius 1 is 1.29 bits per heavy atom. The highest BCUT2D eigenvalue weighted by atomic mass is 19.1. The van der Waals surface area contributed by atoms with Crippen molar-refractivity contribution in [1.82, 2.24) is 5.32 Å². The van der Waals surface area contributed by atoms with E-state index < -0.39 is 11.6 Å². The fourth-order valence-electron chi connectivity index (χ4n) is 1.16. The number of amides is 1.